The molecule has 9 heteroatoms. The summed E-state index contributed by atoms with van der Waals surface area (Å²) < 4.78 is 57.5. The SMILES string of the molecule is CN(C(=O)C(F)(F)F)[C@@H]1CCN(C(=O)OC(C)(C)C)[C@H](c2cccc(F)c2)C1. The molecule has 0 unspecified atom stereocenters. The average molecular weight is 404 g/mol. The van der Waals surface area contributed by atoms with E-state index in [2.05, 4.69) is 0 Å². The summed E-state index contributed by atoms with van der Waals surface area (Å²) in [6, 6.07) is 4.07. The molecule has 0 aromatic heterocycles. The molecule has 5 nitrogen and oxygen atoms in total. The Bertz CT molecular complexity index is 731. The van der Waals surface area contributed by atoms with Gasteiger partial charge in [0.25, 0.3) is 0 Å². The summed E-state index contributed by atoms with van der Waals surface area (Å²) in [4.78, 5) is 26.2. The normalized spacial score (nSPS) is 20.6. The van der Waals surface area contributed by atoms with Crippen LogP contribution < -0.4 is 0 Å². The van der Waals surface area contributed by atoms with Crippen LogP contribution in [0.1, 0.15) is 45.2 Å². The zero-order valence-electron chi connectivity index (χ0n) is 16.2. The number of hydrogen-bond donors (Lipinski definition) is 0. The van der Waals surface area contributed by atoms with E-state index in [1.165, 1.54) is 23.1 Å². The first kappa shape index (κ1) is 22.0. The molecule has 1 aromatic carbocycles. The van der Waals surface area contributed by atoms with Gasteiger partial charge in [0, 0.05) is 19.6 Å². The van der Waals surface area contributed by atoms with Crippen LogP contribution in [0.4, 0.5) is 22.4 Å². The third-order valence-corrected chi connectivity index (χ3v) is 4.55. The van der Waals surface area contributed by atoms with E-state index in [0.29, 0.717) is 10.5 Å². The zero-order valence-corrected chi connectivity index (χ0v) is 16.2. The van der Waals surface area contributed by atoms with Gasteiger partial charge < -0.3 is 14.5 Å². The Hall–Kier alpha value is -2.32. The van der Waals surface area contributed by atoms with Crippen molar-refractivity contribution < 1.29 is 31.9 Å². The lowest BCUT2D eigenvalue weighted by Gasteiger charge is -2.42. The Kier molecular flexibility index (Phi) is 6.25. The Morgan fingerprint density at radius 2 is 1.86 bits per heavy atom. The topological polar surface area (TPSA) is 49.9 Å². The second-order valence-corrected chi connectivity index (χ2v) is 7.84. The van der Waals surface area contributed by atoms with E-state index >= 15 is 0 Å². The number of halogens is 4. The predicted molar refractivity (Wildman–Crippen MR) is 93.9 cm³/mol. The molecule has 28 heavy (non-hydrogen) atoms. The Labute approximate surface area is 161 Å². The summed E-state index contributed by atoms with van der Waals surface area (Å²) in [5.41, 5.74) is -0.327. The van der Waals surface area contributed by atoms with Crippen molar-refractivity contribution in [3.63, 3.8) is 0 Å². The van der Waals surface area contributed by atoms with E-state index in [1.807, 2.05) is 0 Å². The molecule has 1 fully saturated rings. The fourth-order valence-electron chi connectivity index (χ4n) is 3.23. The highest BCUT2D eigenvalue weighted by Gasteiger charge is 2.45. The number of nitrogens with zero attached hydrogens (tertiary/aromatic N) is 2. The summed E-state index contributed by atoms with van der Waals surface area (Å²) in [6.45, 7) is 5.18. The Morgan fingerprint density at radius 3 is 2.39 bits per heavy atom. The highest BCUT2D eigenvalue weighted by molar-refractivity contribution is 5.82. The fraction of sp³-hybridized carbons (Fsp3) is 0.579. The number of amides is 2. The monoisotopic (exact) mass is 404 g/mol. The average Bonchev–Trinajstić information content (AvgIpc) is 2.57. The summed E-state index contributed by atoms with van der Waals surface area (Å²) in [5, 5.41) is 0. The van der Waals surface area contributed by atoms with Gasteiger partial charge in [0.15, 0.2) is 0 Å². The molecule has 1 aliphatic heterocycles. The molecule has 1 heterocycles. The molecule has 0 aliphatic carbocycles. The Balaban J connectivity index is 2.30. The van der Waals surface area contributed by atoms with Gasteiger partial charge in [-0.05, 0) is 51.3 Å². The first-order chi connectivity index (χ1) is 12.8. The molecule has 2 atom stereocenters. The van der Waals surface area contributed by atoms with Crippen molar-refractivity contribution in [2.75, 3.05) is 13.6 Å². The molecular weight excluding hydrogens is 380 g/mol. The van der Waals surface area contributed by atoms with Gasteiger partial charge in [-0.15, -0.1) is 0 Å². The molecule has 0 saturated carbocycles. The standard InChI is InChI=1S/C19H24F4N2O3/c1-18(2,3)28-17(27)25-9-8-14(24(4)16(26)19(21,22)23)11-15(25)12-6-5-7-13(20)10-12/h5-7,10,14-15H,8-9,11H2,1-4H3/t14-,15+/m1/s1. The third-order valence-electron chi connectivity index (χ3n) is 4.55. The third kappa shape index (κ3) is 5.36. The highest BCUT2D eigenvalue weighted by atomic mass is 19.4. The number of piperidine rings is 1. The maximum absolute atomic E-state index is 13.7. The minimum atomic E-state index is -4.98. The van der Waals surface area contributed by atoms with E-state index in [4.69, 9.17) is 4.74 Å². The lowest BCUT2D eigenvalue weighted by atomic mass is 9.91. The summed E-state index contributed by atoms with van der Waals surface area (Å²) in [5.74, 6) is -2.47. The molecule has 0 spiro atoms. The largest absolute Gasteiger partial charge is 0.471 e. The smallest absolute Gasteiger partial charge is 0.444 e. The van der Waals surface area contributed by atoms with Gasteiger partial charge in [-0.2, -0.15) is 13.2 Å². The van der Waals surface area contributed by atoms with Crippen LogP contribution in [0.25, 0.3) is 0 Å². The minimum absolute atomic E-state index is 0.0427. The van der Waals surface area contributed by atoms with Crippen LogP contribution in [-0.2, 0) is 9.53 Å². The van der Waals surface area contributed by atoms with E-state index in [-0.39, 0.29) is 19.4 Å². The molecular formula is C19H24F4N2O3. The second-order valence-electron chi connectivity index (χ2n) is 7.84. The summed E-state index contributed by atoms with van der Waals surface area (Å²) >= 11 is 0. The molecule has 2 rings (SSSR count). The second kappa shape index (κ2) is 7.97. The van der Waals surface area contributed by atoms with Crippen molar-refractivity contribution in [2.24, 2.45) is 0 Å². The van der Waals surface area contributed by atoms with Gasteiger partial charge in [-0.1, -0.05) is 12.1 Å². The first-order valence-corrected chi connectivity index (χ1v) is 8.88. The van der Waals surface area contributed by atoms with Crippen molar-refractivity contribution >= 4 is 12.0 Å². The Morgan fingerprint density at radius 1 is 1.21 bits per heavy atom. The quantitative estimate of drug-likeness (QED) is 0.691. The number of alkyl halides is 3. The van der Waals surface area contributed by atoms with Gasteiger partial charge in [0.2, 0.25) is 0 Å². The van der Waals surface area contributed by atoms with Crippen LogP contribution in [-0.4, -0.2) is 53.2 Å². The zero-order chi connectivity index (χ0) is 21.3. The van der Waals surface area contributed by atoms with E-state index in [0.717, 1.165) is 7.05 Å². The van der Waals surface area contributed by atoms with Crippen molar-refractivity contribution in [1.29, 1.82) is 0 Å². The molecule has 1 aliphatic rings. The summed E-state index contributed by atoms with van der Waals surface area (Å²) in [7, 11) is 1.09. The first-order valence-electron chi connectivity index (χ1n) is 8.88. The van der Waals surface area contributed by atoms with E-state index in [1.54, 1.807) is 26.8 Å². The predicted octanol–water partition coefficient (Wildman–Crippen LogP) is 4.29. The van der Waals surface area contributed by atoms with Gasteiger partial charge in [-0.25, -0.2) is 9.18 Å². The number of likely N-dealkylation sites (tertiary alicyclic amines) is 1. The molecule has 0 radical (unpaired) electrons. The van der Waals surface area contributed by atoms with Crippen molar-refractivity contribution in [2.45, 2.75) is 57.5 Å². The van der Waals surface area contributed by atoms with Gasteiger partial charge >= 0.3 is 18.2 Å². The van der Waals surface area contributed by atoms with Crippen LogP contribution in [0, 0.1) is 5.82 Å². The molecule has 2 amide bonds. The van der Waals surface area contributed by atoms with Crippen LogP contribution in [0.3, 0.4) is 0 Å². The number of benzene rings is 1. The number of hydrogen-bond acceptors (Lipinski definition) is 3. The van der Waals surface area contributed by atoms with Crippen LogP contribution >= 0.6 is 0 Å². The van der Waals surface area contributed by atoms with Crippen molar-refractivity contribution in [1.82, 2.24) is 9.80 Å². The number of carbonyl (C=O) groups is 2. The summed E-state index contributed by atoms with van der Waals surface area (Å²) in [6.07, 6.45) is -5.42. The van der Waals surface area contributed by atoms with Gasteiger partial charge in [-0.3, -0.25) is 4.79 Å². The maximum Gasteiger partial charge on any atom is 0.471 e. The maximum atomic E-state index is 13.7. The fourth-order valence-corrected chi connectivity index (χ4v) is 3.23. The van der Waals surface area contributed by atoms with Crippen LogP contribution in [0.15, 0.2) is 24.3 Å². The molecule has 0 bridgehead atoms. The lowest BCUT2D eigenvalue weighted by molar-refractivity contribution is -0.187. The van der Waals surface area contributed by atoms with E-state index in [9.17, 15) is 27.2 Å². The van der Waals surface area contributed by atoms with E-state index < -0.39 is 41.7 Å². The van der Waals surface area contributed by atoms with Crippen molar-refractivity contribution in [3.8, 4) is 0 Å². The minimum Gasteiger partial charge on any atom is -0.444 e. The number of rotatable bonds is 2. The number of ether oxygens (including phenoxy) is 1. The molecule has 1 saturated heterocycles. The van der Waals surface area contributed by atoms with Crippen molar-refractivity contribution in [3.05, 3.63) is 35.6 Å². The molecule has 1 aromatic rings. The molecule has 0 N–H and O–H groups in total. The van der Waals surface area contributed by atoms with Crippen LogP contribution in [0.2, 0.25) is 0 Å². The van der Waals surface area contributed by atoms with Crippen LogP contribution in [0.5, 0.6) is 0 Å². The highest BCUT2D eigenvalue weighted by Crippen LogP contribution is 2.35. The van der Waals surface area contributed by atoms with Gasteiger partial charge in [0.05, 0.1) is 6.04 Å². The number of carbonyl (C=O) groups excluding carboxylic acids is 2. The lowest BCUT2D eigenvalue weighted by Crippen LogP contribution is -2.52. The van der Waals surface area contributed by atoms with Gasteiger partial charge in [0.1, 0.15) is 11.4 Å². The molecule has 156 valence electrons.